The Labute approximate surface area is 79.3 Å². The molecule has 0 atom stereocenters. The standard InChI is InChI=1S/C9H7ClF2O/c1-5-2-3-6(10)4-7(5)8(13)9(11)12/h2-4,9H,1H3. The van der Waals surface area contributed by atoms with Gasteiger partial charge in [0.15, 0.2) is 0 Å². The summed E-state index contributed by atoms with van der Waals surface area (Å²) in [4.78, 5) is 10.9. The number of Topliss-reactive ketones (excluding diaryl/α,β-unsaturated/α-hetero) is 1. The summed E-state index contributed by atoms with van der Waals surface area (Å²) in [6, 6.07) is 4.35. The Hall–Kier alpha value is -0.960. The van der Waals surface area contributed by atoms with E-state index in [4.69, 9.17) is 11.6 Å². The van der Waals surface area contributed by atoms with Crippen LogP contribution in [0.5, 0.6) is 0 Å². The molecule has 1 rings (SSSR count). The maximum absolute atomic E-state index is 12.0. The third-order valence-corrected chi connectivity index (χ3v) is 1.90. The molecule has 0 aliphatic rings. The zero-order valence-electron chi connectivity index (χ0n) is 6.85. The number of aryl methyl sites for hydroxylation is 1. The van der Waals surface area contributed by atoms with Crippen molar-refractivity contribution in [3.8, 4) is 0 Å². The highest BCUT2D eigenvalue weighted by Crippen LogP contribution is 2.18. The van der Waals surface area contributed by atoms with Gasteiger partial charge in [0.25, 0.3) is 0 Å². The van der Waals surface area contributed by atoms with Gasteiger partial charge in [-0.2, -0.15) is 0 Å². The number of carbonyl (C=O) groups is 1. The van der Waals surface area contributed by atoms with Crippen molar-refractivity contribution < 1.29 is 13.6 Å². The molecule has 0 heterocycles. The summed E-state index contributed by atoms with van der Waals surface area (Å²) in [6.07, 6.45) is -2.97. The first kappa shape index (κ1) is 10.1. The number of rotatable bonds is 2. The average molecular weight is 205 g/mol. The van der Waals surface area contributed by atoms with Crippen LogP contribution < -0.4 is 0 Å². The van der Waals surface area contributed by atoms with Gasteiger partial charge in [0.05, 0.1) is 0 Å². The first-order chi connectivity index (χ1) is 6.02. The molecule has 0 radical (unpaired) electrons. The van der Waals surface area contributed by atoms with Gasteiger partial charge in [-0.1, -0.05) is 17.7 Å². The van der Waals surface area contributed by atoms with Gasteiger partial charge in [-0.05, 0) is 24.6 Å². The summed E-state index contributed by atoms with van der Waals surface area (Å²) in [7, 11) is 0. The van der Waals surface area contributed by atoms with Crippen molar-refractivity contribution in [1.29, 1.82) is 0 Å². The normalized spacial score (nSPS) is 10.5. The van der Waals surface area contributed by atoms with Crippen LogP contribution in [0.4, 0.5) is 8.78 Å². The summed E-state index contributed by atoms with van der Waals surface area (Å²) in [5, 5.41) is 0.287. The molecular formula is C9H7ClF2O. The van der Waals surface area contributed by atoms with Crippen LogP contribution >= 0.6 is 11.6 Å². The molecule has 0 aliphatic carbocycles. The second kappa shape index (κ2) is 3.83. The quantitative estimate of drug-likeness (QED) is 0.677. The first-order valence-electron chi connectivity index (χ1n) is 3.61. The Morgan fingerprint density at radius 1 is 1.46 bits per heavy atom. The van der Waals surface area contributed by atoms with Gasteiger partial charge in [-0.25, -0.2) is 8.78 Å². The van der Waals surface area contributed by atoms with Crippen molar-refractivity contribution in [1.82, 2.24) is 0 Å². The zero-order valence-corrected chi connectivity index (χ0v) is 7.61. The molecule has 0 aromatic heterocycles. The monoisotopic (exact) mass is 204 g/mol. The summed E-state index contributed by atoms with van der Waals surface area (Å²) in [6.45, 7) is 1.59. The number of benzene rings is 1. The van der Waals surface area contributed by atoms with E-state index in [9.17, 15) is 13.6 Å². The van der Waals surface area contributed by atoms with Crippen LogP contribution in [0.2, 0.25) is 5.02 Å². The summed E-state index contributed by atoms with van der Waals surface area (Å²) in [5.41, 5.74) is 0.497. The van der Waals surface area contributed by atoms with Crippen LogP contribution in [-0.2, 0) is 0 Å². The maximum Gasteiger partial charge on any atom is 0.300 e. The highest BCUT2D eigenvalue weighted by Gasteiger charge is 2.19. The number of alkyl halides is 2. The lowest BCUT2D eigenvalue weighted by Crippen LogP contribution is -2.11. The molecule has 70 valence electrons. The number of halogens is 3. The highest BCUT2D eigenvalue weighted by molar-refractivity contribution is 6.31. The lowest BCUT2D eigenvalue weighted by atomic mass is 10.1. The van der Waals surface area contributed by atoms with E-state index >= 15 is 0 Å². The van der Waals surface area contributed by atoms with E-state index in [1.165, 1.54) is 12.1 Å². The van der Waals surface area contributed by atoms with Crippen LogP contribution in [0.25, 0.3) is 0 Å². The Balaban J connectivity index is 3.13. The second-order valence-electron chi connectivity index (χ2n) is 2.62. The smallest absolute Gasteiger partial charge is 0.288 e. The number of carbonyl (C=O) groups excluding carboxylic acids is 1. The first-order valence-corrected chi connectivity index (χ1v) is 3.98. The van der Waals surface area contributed by atoms with E-state index in [1.54, 1.807) is 13.0 Å². The van der Waals surface area contributed by atoms with Crippen molar-refractivity contribution in [2.45, 2.75) is 13.3 Å². The van der Waals surface area contributed by atoms with Gasteiger partial charge < -0.3 is 0 Å². The fraction of sp³-hybridized carbons (Fsp3) is 0.222. The maximum atomic E-state index is 12.0. The summed E-state index contributed by atoms with van der Waals surface area (Å²) < 4.78 is 24.1. The van der Waals surface area contributed by atoms with Crippen LogP contribution in [0.3, 0.4) is 0 Å². The molecule has 1 nitrogen and oxygen atoms in total. The molecule has 0 saturated heterocycles. The van der Waals surface area contributed by atoms with Crippen molar-refractivity contribution in [3.63, 3.8) is 0 Å². The van der Waals surface area contributed by atoms with Crippen molar-refractivity contribution in [2.75, 3.05) is 0 Å². The highest BCUT2D eigenvalue weighted by atomic mass is 35.5. The third-order valence-electron chi connectivity index (χ3n) is 1.66. The molecule has 0 N–H and O–H groups in total. The lowest BCUT2D eigenvalue weighted by molar-refractivity contribution is 0.0678. The molecule has 0 amide bonds. The largest absolute Gasteiger partial charge is 0.300 e. The molecule has 4 heteroatoms. The molecule has 0 saturated carbocycles. The van der Waals surface area contributed by atoms with Gasteiger partial charge in [-0.15, -0.1) is 0 Å². The molecule has 0 aliphatic heterocycles. The lowest BCUT2D eigenvalue weighted by Gasteiger charge is -2.03. The van der Waals surface area contributed by atoms with E-state index < -0.39 is 12.2 Å². The summed E-state index contributed by atoms with van der Waals surface area (Å²) in [5.74, 6) is -1.18. The van der Waals surface area contributed by atoms with Crippen LogP contribution in [0.1, 0.15) is 15.9 Å². The third kappa shape index (κ3) is 2.25. The predicted molar refractivity (Wildman–Crippen MR) is 46.5 cm³/mol. The minimum Gasteiger partial charge on any atom is -0.288 e. The van der Waals surface area contributed by atoms with Crippen LogP contribution in [0.15, 0.2) is 18.2 Å². The molecule has 0 bridgehead atoms. The molecule has 13 heavy (non-hydrogen) atoms. The van der Waals surface area contributed by atoms with Crippen molar-refractivity contribution in [3.05, 3.63) is 34.3 Å². The van der Waals surface area contributed by atoms with Gasteiger partial charge >= 0.3 is 6.43 Å². The van der Waals surface area contributed by atoms with E-state index in [1.807, 2.05) is 0 Å². The van der Waals surface area contributed by atoms with Gasteiger partial charge in [-0.3, -0.25) is 4.79 Å². The second-order valence-corrected chi connectivity index (χ2v) is 3.06. The SMILES string of the molecule is Cc1ccc(Cl)cc1C(=O)C(F)F. The Kier molecular flexibility index (Phi) is 2.98. The molecule has 0 fully saturated rings. The number of hydrogen-bond acceptors (Lipinski definition) is 1. The van der Waals surface area contributed by atoms with Crippen LogP contribution in [0, 0.1) is 6.92 Å². The fourth-order valence-electron chi connectivity index (χ4n) is 0.977. The van der Waals surface area contributed by atoms with E-state index in [0.717, 1.165) is 0 Å². The van der Waals surface area contributed by atoms with Gasteiger partial charge in [0, 0.05) is 10.6 Å². The van der Waals surface area contributed by atoms with E-state index in [0.29, 0.717) is 5.56 Å². The Morgan fingerprint density at radius 2 is 2.08 bits per heavy atom. The Morgan fingerprint density at radius 3 is 2.62 bits per heavy atom. The zero-order chi connectivity index (χ0) is 10.0. The van der Waals surface area contributed by atoms with Gasteiger partial charge in [0.2, 0.25) is 5.78 Å². The molecular weight excluding hydrogens is 198 g/mol. The summed E-state index contributed by atoms with van der Waals surface area (Å²) >= 11 is 5.57. The molecule has 1 aromatic carbocycles. The topological polar surface area (TPSA) is 17.1 Å². The fourth-order valence-corrected chi connectivity index (χ4v) is 1.15. The average Bonchev–Trinajstić information content (AvgIpc) is 2.08. The molecule has 0 unspecified atom stereocenters. The van der Waals surface area contributed by atoms with Crippen molar-refractivity contribution in [2.24, 2.45) is 0 Å². The number of hydrogen-bond donors (Lipinski definition) is 0. The van der Waals surface area contributed by atoms with E-state index in [-0.39, 0.29) is 10.6 Å². The Bertz CT molecular complexity index is 336. The van der Waals surface area contributed by atoms with Crippen LogP contribution in [-0.4, -0.2) is 12.2 Å². The molecule has 0 spiro atoms. The van der Waals surface area contributed by atoms with Gasteiger partial charge in [0.1, 0.15) is 0 Å². The predicted octanol–water partition coefficient (Wildman–Crippen LogP) is 3.10. The van der Waals surface area contributed by atoms with Crippen molar-refractivity contribution >= 4 is 17.4 Å². The number of ketones is 1. The minimum atomic E-state index is -2.97. The molecule has 1 aromatic rings. The van der Waals surface area contributed by atoms with E-state index in [2.05, 4.69) is 0 Å². The minimum absolute atomic E-state index is 0.0116.